The Balaban J connectivity index is 1.78. The molecule has 0 aromatic heterocycles. The third kappa shape index (κ3) is 3.62. The van der Waals surface area contributed by atoms with Crippen LogP contribution in [0.3, 0.4) is 0 Å². The Morgan fingerprint density at radius 3 is 2.80 bits per heavy atom. The van der Waals surface area contributed by atoms with Crippen molar-refractivity contribution in [3.05, 3.63) is 12.7 Å². The molecule has 1 aliphatic heterocycles. The van der Waals surface area contributed by atoms with Crippen LogP contribution in [0.5, 0.6) is 0 Å². The molecule has 2 aliphatic rings. The lowest BCUT2D eigenvalue weighted by atomic mass is 10.1. The van der Waals surface area contributed by atoms with Gasteiger partial charge in [-0.3, -0.25) is 4.90 Å². The van der Waals surface area contributed by atoms with E-state index in [9.17, 15) is 0 Å². The predicted molar refractivity (Wildman–Crippen MR) is 65.1 cm³/mol. The fraction of sp³-hybridized carbons (Fsp3) is 0.846. The summed E-state index contributed by atoms with van der Waals surface area (Å²) >= 11 is 0. The molecular weight excluding hydrogens is 184 g/mol. The molecule has 0 amide bonds. The van der Waals surface area contributed by atoms with Crippen LogP contribution >= 0.6 is 0 Å². The third-order valence-corrected chi connectivity index (χ3v) is 3.54. The zero-order valence-electron chi connectivity index (χ0n) is 9.75. The maximum absolute atomic E-state index is 3.86. The van der Waals surface area contributed by atoms with E-state index >= 15 is 0 Å². The van der Waals surface area contributed by atoms with Gasteiger partial charge in [-0.15, -0.1) is 6.58 Å². The molecule has 2 nitrogen and oxygen atoms in total. The first-order valence-corrected chi connectivity index (χ1v) is 6.48. The van der Waals surface area contributed by atoms with Crippen molar-refractivity contribution in [3.8, 4) is 0 Å². The second kappa shape index (κ2) is 5.66. The van der Waals surface area contributed by atoms with E-state index in [1.54, 1.807) is 0 Å². The standard InChI is InChI=1S/C13H24N2/c1-2-10-15(13-7-8-13)11-12-6-4-3-5-9-14-12/h2,12-14H,1,3-11H2. The van der Waals surface area contributed by atoms with Crippen molar-refractivity contribution in [2.75, 3.05) is 19.6 Å². The predicted octanol–water partition coefficient (Wildman–Crippen LogP) is 2.17. The van der Waals surface area contributed by atoms with Gasteiger partial charge < -0.3 is 5.32 Å². The minimum atomic E-state index is 0.730. The van der Waals surface area contributed by atoms with E-state index in [4.69, 9.17) is 0 Å². The van der Waals surface area contributed by atoms with Crippen molar-refractivity contribution in [2.45, 2.75) is 50.6 Å². The summed E-state index contributed by atoms with van der Waals surface area (Å²) in [5.74, 6) is 0. The van der Waals surface area contributed by atoms with Crippen molar-refractivity contribution in [3.63, 3.8) is 0 Å². The van der Waals surface area contributed by atoms with Crippen LogP contribution in [0.15, 0.2) is 12.7 Å². The molecule has 2 heteroatoms. The van der Waals surface area contributed by atoms with Crippen LogP contribution in [0, 0.1) is 0 Å². The fourth-order valence-electron chi connectivity index (χ4n) is 2.52. The molecule has 1 saturated heterocycles. The first-order valence-electron chi connectivity index (χ1n) is 6.48. The van der Waals surface area contributed by atoms with Crippen LogP contribution in [0.25, 0.3) is 0 Å². The van der Waals surface area contributed by atoms with E-state index in [0.29, 0.717) is 0 Å². The highest BCUT2D eigenvalue weighted by molar-refractivity contribution is 4.90. The molecule has 0 aromatic rings. The molecule has 0 aromatic carbocycles. The van der Waals surface area contributed by atoms with E-state index in [-0.39, 0.29) is 0 Å². The average molecular weight is 208 g/mol. The highest BCUT2D eigenvalue weighted by Crippen LogP contribution is 2.27. The minimum absolute atomic E-state index is 0.730. The summed E-state index contributed by atoms with van der Waals surface area (Å²) in [5.41, 5.74) is 0. The first kappa shape index (κ1) is 11.2. The minimum Gasteiger partial charge on any atom is -0.313 e. The Bertz CT molecular complexity index is 191. The van der Waals surface area contributed by atoms with Crippen LogP contribution in [-0.2, 0) is 0 Å². The molecule has 1 saturated carbocycles. The molecule has 86 valence electrons. The number of nitrogens with one attached hydrogen (secondary N) is 1. The van der Waals surface area contributed by atoms with Gasteiger partial charge in [-0.2, -0.15) is 0 Å². The van der Waals surface area contributed by atoms with Crippen LogP contribution in [0.4, 0.5) is 0 Å². The van der Waals surface area contributed by atoms with E-state index in [0.717, 1.165) is 18.6 Å². The lowest BCUT2D eigenvalue weighted by Gasteiger charge is -2.26. The second-order valence-corrected chi connectivity index (χ2v) is 4.97. The summed E-state index contributed by atoms with van der Waals surface area (Å²) in [6, 6.07) is 1.60. The summed E-state index contributed by atoms with van der Waals surface area (Å²) in [6.07, 6.45) is 10.4. The van der Waals surface area contributed by atoms with Crippen molar-refractivity contribution in [1.82, 2.24) is 10.2 Å². The quantitative estimate of drug-likeness (QED) is 0.697. The van der Waals surface area contributed by atoms with Gasteiger partial charge in [0.25, 0.3) is 0 Å². The van der Waals surface area contributed by atoms with E-state index in [1.807, 2.05) is 0 Å². The molecule has 15 heavy (non-hydrogen) atoms. The third-order valence-electron chi connectivity index (χ3n) is 3.54. The fourth-order valence-corrected chi connectivity index (χ4v) is 2.52. The maximum Gasteiger partial charge on any atom is 0.0195 e. The molecule has 1 atom stereocenters. The molecule has 0 bridgehead atoms. The van der Waals surface area contributed by atoms with E-state index in [2.05, 4.69) is 22.9 Å². The van der Waals surface area contributed by atoms with Gasteiger partial charge in [-0.1, -0.05) is 18.9 Å². The summed E-state index contributed by atoms with van der Waals surface area (Å²) < 4.78 is 0. The second-order valence-electron chi connectivity index (χ2n) is 4.97. The summed E-state index contributed by atoms with van der Waals surface area (Å²) in [6.45, 7) is 7.38. The highest BCUT2D eigenvalue weighted by Gasteiger charge is 2.29. The Kier molecular flexibility index (Phi) is 4.21. The van der Waals surface area contributed by atoms with Crippen molar-refractivity contribution in [1.29, 1.82) is 0 Å². The summed E-state index contributed by atoms with van der Waals surface area (Å²) in [4.78, 5) is 2.61. The van der Waals surface area contributed by atoms with Gasteiger partial charge >= 0.3 is 0 Å². The van der Waals surface area contributed by atoms with E-state index in [1.165, 1.54) is 51.6 Å². The Labute approximate surface area is 93.7 Å². The lowest BCUT2D eigenvalue weighted by Crippen LogP contribution is -2.41. The molecule has 1 heterocycles. The van der Waals surface area contributed by atoms with Crippen LogP contribution in [0.1, 0.15) is 38.5 Å². The molecule has 2 fully saturated rings. The monoisotopic (exact) mass is 208 g/mol. The van der Waals surface area contributed by atoms with Crippen LogP contribution < -0.4 is 5.32 Å². The topological polar surface area (TPSA) is 15.3 Å². The number of hydrogen-bond donors (Lipinski definition) is 1. The summed E-state index contributed by atoms with van der Waals surface area (Å²) in [7, 11) is 0. The number of nitrogens with zero attached hydrogens (tertiary/aromatic N) is 1. The Morgan fingerprint density at radius 2 is 2.07 bits per heavy atom. The zero-order valence-corrected chi connectivity index (χ0v) is 9.75. The number of hydrogen-bond acceptors (Lipinski definition) is 2. The molecule has 1 unspecified atom stereocenters. The van der Waals surface area contributed by atoms with Crippen LogP contribution in [0.2, 0.25) is 0 Å². The first-order chi connectivity index (χ1) is 7.40. The Hall–Kier alpha value is -0.340. The van der Waals surface area contributed by atoms with Gasteiger partial charge in [-0.05, 0) is 32.2 Å². The number of rotatable bonds is 5. The normalized spacial score (nSPS) is 27.7. The average Bonchev–Trinajstić information content (AvgIpc) is 3.05. The molecule has 0 radical (unpaired) electrons. The van der Waals surface area contributed by atoms with Gasteiger partial charge in [0.15, 0.2) is 0 Å². The maximum atomic E-state index is 3.86. The van der Waals surface area contributed by atoms with E-state index < -0.39 is 0 Å². The molecule has 2 rings (SSSR count). The van der Waals surface area contributed by atoms with Gasteiger partial charge in [0.05, 0.1) is 0 Å². The molecule has 0 spiro atoms. The van der Waals surface area contributed by atoms with Gasteiger partial charge in [0.2, 0.25) is 0 Å². The smallest absolute Gasteiger partial charge is 0.0195 e. The van der Waals surface area contributed by atoms with Crippen LogP contribution in [-0.4, -0.2) is 36.6 Å². The lowest BCUT2D eigenvalue weighted by molar-refractivity contribution is 0.252. The van der Waals surface area contributed by atoms with Gasteiger partial charge in [0, 0.05) is 25.2 Å². The van der Waals surface area contributed by atoms with Gasteiger partial charge in [-0.25, -0.2) is 0 Å². The highest BCUT2D eigenvalue weighted by atomic mass is 15.2. The molecule has 1 N–H and O–H groups in total. The van der Waals surface area contributed by atoms with Crippen molar-refractivity contribution < 1.29 is 0 Å². The van der Waals surface area contributed by atoms with Gasteiger partial charge in [0.1, 0.15) is 0 Å². The summed E-state index contributed by atoms with van der Waals surface area (Å²) in [5, 5.41) is 3.68. The Morgan fingerprint density at radius 1 is 1.20 bits per heavy atom. The van der Waals surface area contributed by atoms with Crippen molar-refractivity contribution in [2.24, 2.45) is 0 Å². The largest absolute Gasteiger partial charge is 0.313 e. The zero-order chi connectivity index (χ0) is 10.5. The SMILES string of the molecule is C=CCN(CC1CCCCCN1)C1CC1. The molecular formula is C13H24N2. The molecule has 1 aliphatic carbocycles. The van der Waals surface area contributed by atoms with Crippen molar-refractivity contribution >= 4 is 0 Å².